The molecule has 0 aliphatic carbocycles. The van der Waals surface area contributed by atoms with E-state index in [1.165, 1.54) is 0 Å². The zero-order valence-electron chi connectivity index (χ0n) is 22.3. The highest BCUT2D eigenvalue weighted by Crippen LogP contribution is 2.66. The maximum atomic E-state index is 14.3. The number of thioether (sulfide) groups is 1. The van der Waals surface area contributed by atoms with E-state index in [9.17, 15) is 19.5 Å². The molecule has 3 amide bonds. The van der Waals surface area contributed by atoms with Gasteiger partial charge in [0.25, 0.3) is 0 Å². The van der Waals surface area contributed by atoms with Crippen molar-refractivity contribution in [3.05, 3.63) is 65.2 Å². The van der Waals surface area contributed by atoms with Crippen LogP contribution >= 0.6 is 11.8 Å². The zero-order chi connectivity index (χ0) is 27.0. The van der Waals surface area contributed by atoms with E-state index in [4.69, 9.17) is 0 Å². The Hall–Kier alpha value is -2.84. The van der Waals surface area contributed by atoms with E-state index < -0.39 is 28.7 Å². The monoisotopic (exact) mass is 535 g/mol. The summed E-state index contributed by atoms with van der Waals surface area (Å²) in [6.07, 6.45) is 2.74. The number of rotatable bonds is 9. The third-order valence-electron chi connectivity index (χ3n) is 8.49. The Morgan fingerprint density at radius 3 is 2.47 bits per heavy atom. The standard InChI is InChI=1S/C30H37N3O4S/c1-4-15-31-27(35)23-22-13-14-30(38-22)24(23)29(37)33(21(17-34)16-20-11-6-5-7-12-20)26(30)28(36)32-25-18(2)9-8-10-19(25)3/h5-12,21-24,26,34H,4,13-17H2,1-3H3,(H,31,35)(H,32,36)/t21-,22-,23+,24+,26?,30?/m1/s1. The van der Waals surface area contributed by atoms with Crippen molar-refractivity contribution in [1.82, 2.24) is 10.2 Å². The summed E-state index contributed by atoms with van der Waals surface area (Å²) in [6.45, 7) is 6.21. The van der Waals surface area contributed by atoms with Crippen LogP contribution in [0.2, 0.25) is 0 Å². The summed E-state index contributed by atoms with van der Waals surface area (Å²) in [5, 5.41) is 16.7. The number of nitrogens with zero attached hydrogens (tertiary/aromatic N) is 1. The van der Waals surface area contributed by atoms with E-state index in [0.29, 0.717) is 19.4 Å². The van der Waals surface area contributed by atoms with Crippen LogP contribution in [-0.2, 0) is 20.8 Å². The first-order valence-corrected chi connectivity index (χ1v) is 14.5. The van der Waals surface area contributed by atoms with Gasteiger partial charge in [-0.05, 0) is 56.2 Å². The predicted octanol–water partition coefficient (Wildman–Crippen LogP) is 3.46. The number of anilines is 1. The van der Waals surface area contributed by atoms with Gasteiger partial charge < -0.3 is 20.6 Å². The van der Waals surface area contributed by atoms with Gasteiger partial charge >= 0.3 is 0 Å². The number of para-hydroxylation sites is 1. The van der Waals surface area contributed by atoms with E-state index in [1.807, 2.05) is 69.3 Å². The average Bonchev–Trinajstić information content (AvgIpc) is 3.56. The fraction of sp³-hybridized carbons (Fsp3) is 0.500. The SMILES string of the molecule is CCCNC(=O)[C@@H]1[C@H]2C(=O)N([C@@H](CO)Cc3ccccc3)C(C(=O)Nc3c(C)cccc3C)C23CC[C@H]1S3. The molecule has 3 aliphatic rings. The van der Waals surface area contributed by atoms with Crippen LogP contribution < -0.4 is 10.6 Å². The van der Waals surface area contributed by atoms with Gasteiger partial charge in [0.05, 0.1) is 29.2 Å². The largest absolute Gasteiger partial charge is 0.394 e. The summed E-state index contributed by atoms with van der Waals surface area (Å²) in [4.78, 5) is 43.5. The van der Waals surface area contributed by atoms with E-state index in [0.717, 1.165) is 35.2 Å². The molecular formula is C30H37N3O4S. The zero-order valence-corrected chi connectivity index (χ0v) is 23.1. The Morgan fingerprint density at radius 1 is 1.11 bits per heavy atom. The number of carbonyl (C=O) groups is 3. The first kappa shape index (κ1) is 26.8. The number of hydrogen-bond donors (Lipinski definition) is 3. The molecule has 3 N–H and O–H groups in total. The van der Waals surface area contributed by atoms with E-state index >= 15 is 0 Å². The number of nitrogens with one attached hydrogen (secondary N) is 2. The maximum absolute atomic E-state index is 14.3. The van der Waals surface area contributed by atoms with Crippen molar-refractivity contribution in [2.24, 2.45) is 11.8 Å². The third-order valence-corrected chi connectivity index (χ3v) is 10.4. The van der Waals surface area contributed by atoms with Crippen LogP contribution in [0.15, 0.2) is 48.5 Å². The van der Waals surface area contributed by atoms with Crippen LogP contribution in [0.25, 0.3) is 0 Å². The lowest BCUT2D eigenvalue weighted by molar-refractivity contribution is -0.142. The highest BCUT2D eigenvalue weighted by Gasteiger charge is 2.74. The fourth-order valence-corrected chi connectivity index (χ4v) is 9.00. The Balaban J connectivity index is 1.55. The van der Waals surface area contributed by atoms with Crippen LogP contribution in [0.5, 0.6) is 0 Å². The molecule has 8 heteroatoms. The minimum Gasteiger partial charge on any atom is -0.394 e. The topological polar surface area (TPSA) is 98.7 Å². The summed E-state index contributed by atoms with van der Waals surface area (Å²) in [5.74, 6) is -1.57. The molecule has 5 rings (SSSR count). The highest BCUT2D eigenvalue weighted by atomic mass is 32.2. The molecule has 202 valence electrons. The number of fused-ring (bicyclic) bond motifs is 1. The molecule has 3 saturated heterocycles. The molecule has 6 atom stereocenters. The molecule has 2 aromatic carbocycles. The Labute approximate surface area is 228 Å². The van der Waals surface area contributed by atoms with Crippen LogP contribution in [0.4, 0.5) is 5.69 Å². The van der Waals surface area contributed by atoms with Gasteiger partial charge in [0.15, 0.2) is 0 Å². The second-order valence-electron chi connectivity index (χ2n) is 10.9. The predicted molar refractivity (Wildman–Crippen MR) is 150 cm³/mol. The first-order valence-electron chi connectivity index (χ1n) is 13.6. The quantitative estimate of drug-likeness (QED) is 0.457. The second-order valence-corrected chi connectivity index (χ2v) is 12.5. The molecule has 0 radical (unpaired) electrons. The van der Waals surface area contributed by atoms with E-state index in [-0.39, 0.29) is 29.6 Å². The Bertz CT molecular complexity index is 1200. The van der Waals surface area contributed by atoms with Gasteiger partial charge in [-0.25, -0.2) is 0 Å². The van der Waals surface area contributed by atoms with Crippen LogP contribution in [0, 0.1) is 25.7 Å². The molecule has 3 aliphatic heterocycles. The number of aliphatic hydroxyl groups excluding tert-OH is 1. The van der Waals surface area contributed by atoms with Crippen molar-refractivity contribution < 1.29 is 19.5 Å². The number of carbonyl (C=O) groups excluding carboxylic acids is 3. The smallest absolute Gasteiger partial charge is 0.248 e. The molecule has 3 fully saturated rings. The lowest BCUT2D eigenvalue weighted by Crippen LogP contribution is -2.55. The molecule has 2 bridgehead atoms. The Morgan fingerprint density at radius 2 is 1.82 bits per heavy atom. The summed E-state index contributed by atoms with van der Waals surface area (Å²) >= 11 is 1.65. The summed E-state index contributed by atoms with van der Waals surface area (Å²) in [7, 11) is 0. The minimum absolute atomic E-state index is 0.0140. The lowest BCUT2D eigenvalue weighted by atomic mass is 9.70. The Kier molecular flexibility index (Phi) is 7.56. The molecular weight excluding hydrogens is 498 g/mol. The van der Waals surface area contributed by atoms with Gasteiger partial charge in [0, 0.05) is 17.5 Å². The summed E-state index contributed by atoms with van der Waals surface area (Å²) in [6, 6.07) is 14.2. The molecule has 0 saturated carbocycles. The molecule has 2 aromatic rings. The number of amides is 3. The lowest BCUT2D eigenvalue weighted by Gasteiger charge is -2.37. The van der Waals surface area contributed by atoms with Crippen molar-refractivity contribution >= 4 is 35.2 Å². The second kappa shape index (κ2) is 10.7. The van der Waals surface area contributed by atoms with Gasteiger partial charge in [-0.2, -0.15) is 0 Å². The molecule has 0 aromatic heterocycles. The van der Waals surface area contributed by atoms with Gasteiger partial charge in [-0.1, -0.05) is 55.5 Å². The van der Waals surface area contributed by atoms with Crippen molar-refractivity contribution in [3.63, 3.8) is 0 Å². The molecule has 7 nitrogen and oxygen atoms in total. The van der Waals surface area contributed by atoms with Gasteiger partial charge in [-0.15, -0.1) is 11.8 Å². The van der Waals surface area contributed by atoms with Crippen molar-refractivity contribution in [3.8, 4) is 0 Å². The number of likely N-dealkylation sites (tertiary alicyclic amines) is 1. The minimum atomic E-state index is -0.779. The van der Waals surface area contributed by atoms with Crippen molar-refractivity contribution in [2.45, 2.75) is 68.5 Å². The summed E-state index contributed by atoms with van der Waals surface area (Å²) in [5.41, 5.74) is 3.64. The molecule has 3 heterocycles. The van der Waals surface area contributed by atoms with Crippen LogP contribution in [0.1, 0.15) is 42.9 Å². The van der Waals surface area contributed by atoms with E-state index in [2.05, 4.69) is 10.6 Å². The highest BCUT2D eigenvalue weighted by molar-refractivity contribution is 8.02. The molecule has 1 spiro atoms. The van der Waals surface area contributed by atoms with Gasteiger partial charge in [-0.3, -0.25) is 14.4 Å². The van der Waals surface area contributed by atoms with Crippen LogP contribution in [0.3, 0.4) is 0 Å². The maximum Gasteiger partial charge on any atom is 0.248 e. The number of hydrogen-bond acceptors (Lipinski definition) is 5. The van der Waals surface area contributed by atoms with Gasteiger partial charge in [0.2, 0.25) is 17.7 Å². The summed E-state index contributed by atoms with van der Waals surface area (Å²) < 4.78 is -0.694. The fourth-order valence-electron chi connectivity index (χ4n) is 6.79. The number of benzene rings is 2. The third kappa shape index (κ3) is 4.41. The van der Waals surface area contributed by atoms with Crippen molar-refractivity contribution in [2.75, 3.05) is 18.5 Å². The first-order chi connectivity index (χ1) is 18.3. The normalized spacial score (nSPS) is 28.3. The van der Waals surface area contributed by atoms with Crippen molar-refractivity contribution in [1.29, 1.82) is 0 Å². The number of aliphatic hydroxyl groups is 1. The molecule has 38 heavy (non-hydrogen) atoms. The van der Waals surface area contributed by atoms with E-state index in [1.54, 1.807) is 16.7 Å². The van der Waals surface area contributed by atoms with Crippen LogP contribution in [-0.4, -0.2) is 63.0 Å². The number of aryl methyl sites for hydroxylation is 2. The average molecular weight is 536 g/mol. The molecule has 2 unspecified atom stereocenters. The van der Waals surface area contributed by atoms with Gasteiger partial charge in [0.1, 0.15) is 6.04 Å².